The highest BCUT2D eigenvalue weighted by Gasteiger charge is 2.34. The third kappa shape index (κ3) is 7.21. The minimum Gasteiger partial charge on any atom is -0.506 e. The van der Waals surface area contributed by atoms with Gasteiger partial charge in [0.25, 0.3) is 0 Å². The average Bonchev–Trinajstić information content (AvgIpc) is 3.69. The van der Waals surface area contributed by atoms with E-state index in [2.05, 4.69) is 30.1 Å². The Labute approximate surface area is 259 Å². The first-order chi connectivity index (χ1) is 19.1. The lowest BCUT2D eigenvalue weighted by molar-refractivity contribution is 0.0340. The fraction of sp³-hybridized carbons (Fsp3) is 0.407. The van der Waals surface area contributed by atoms with Gasteiger partial charge in [0, 0.05) is 64.6 Å². The molecule has 0 amide bonds. The lowest BCUT2D eigenvalue weighted by Crippen LogP contribution is -2.35. The minimum atomic E-state index is -1.00. The standard InChI is InChI=1S/C24H23BrCl2N2O4S.C3H5ClO2/c25-15-10-18-20(14(22(15)30)11-28-6-8-33-9-7-28)21(24(31)32)19(29(18)13-4-5-13)12-34-23-16(26)2-1-3-17(23)27;1-2-6-3(4)5/h1-3,10,13,30H,4-9,11-12H2,(H,31,32);2H2,1H3. The van der Waals surface area contributed by atoms with Gasteiger partial charge >= 0.3 is 11.4 Å². The zero-order valence-corrected chi connectivity index (χ0v) is 26.3. The van der Waals surface area contributed by atoms with E-state index in [-0.39, 0.29) is 17.4 Å². The summed E-state index contributed by atoms with van der Waals surface area (Å²) in [7, 11) is 0. The van der Waals surface area contributed by atoms with Crippen LogP contribution in [0.4, 0.5) is 4.79 Å². The molecule has 1 aliphatic carbocycles. The quantitative estimate of drug-likeness (QED) is 0.181. The van der Waals surface area contributed by atoms with Crippen molar-refractivity contribution in [1.82, 2.24) is 9.47 Å². The Balaban J connectivity index is 0.000000557. The summed E-state index contributed by atoms with van der Waals surface area (Å²) in [4.78, 5) is 25.2. The molecular weight excluding hydrogens is 667 g/mol. The highest BCUT2D eigenvalue weighted by Crippen LogP contribution is 2.47. The van der Waals surface area contributed by atoms with E-state index in [1.54, 1.807) is 25.1 Å². The number of rotatable bonds is 8. The van der Waals surface area contributed by atoms with E-state index in [1.807, 2.05) is 6.07 Å². The molecule has 1 aliphatic heterocycles. The molecule has 1 saturated carbocycles. The topological polar surface area (TPSA) is 101 Å². The lowest BCUT2D eigenvalue weighted by Gasteiger charge is -2.27. The molecule has 1 saturated heterocycles. The van der Waals surface area contributed by atoms with Gasteiger partial charge in [-0.15, -0.1) is 11.8 Å². The predicted molar refractivity (Wildman–Crippen MR) is 162 cm³/mol. The number of benzene rings is 2. The Bertz CT molecular complexity index is 1390. The summed E-state index contributed by atoms with van der Waals surface area (Å²) in [5, 5.41) is 23.1. The molecular formula is C27H28BrCl3N2O6S. The number of aromatic hydroxyl groups is 1. The van der Waals surface area contributed by atoms with Crippen LogP contribution >= 0.6 is 62.5 Å². The van der Waals surface area contributed by atoms with Gasteiger partial charge in [-0.2, -0.15) is 0 Å². The van der Waals surface area contributed by atoms with Crippen molar-refractivity contribution < 1.29 is 29.3 Å². The molecule has 0 spiro atoms. The zero-order valence-electron chi connectivity index (χ0n) is 21.6. The molecule has 2 fully saturated rings. The van der Waals surface area contributed by atoms with Crippen molar-refractivity contribution in [3.05, 3.63) is 55.6 Å². The summed E-state index contributed by atoms with van der Waals surface area (Å²) >= 11 is 22.4. The number of phenols is 1. The van der Waals surface area contributed by atoms with Gasteiger partial charge in [-0.1, -0.05) is 29.3 Å². The van der Waals surface area contributed by atoms with Crippen molar-refractivity contribution in [1.29, 1.82) is 0 Å². The number of carboxylic acids is 1. The van der Waals surface area contributed by atoms with E-state index in [0.717, 1.165) is 36.3 Å². The molecule has 8 nitrogen and oxygen atoms in total. The number of nitrogens with zero attached hydrogens (tertiary/aromatic N) is 2. The van der Waals surface area contributed by atoms with Crippen LogP contribution in [0.2, 0.25) is 10.0 Å². The molecule has 2 aliphatic rings. The van der Waals surface area contributed by atoms with Gasteiger partial charge in [-0.3, -0.25) is 4.90 Å². The highest BCUT2D eigenvalue weighted by molar-refractivity contribution is 9.10. The first-order valence-corrected chi connectivity index (χ1v) is 15.5. The van der Waals surface area contributed by atoms with Crippen LogP contribution in [0.25, 0.3) is 10.9 Å². The number of aromatic carboxylic acids is 1. The van der Waals surface area contributed by atoms with Crippen LogP contribution in [0.15, 0.2) is 33.6 Å². The molecule has 216 valence electrons. The number of ether oxygens (including phenoxy) is 2. The summed E-state index contributed by atoms with van der Waals surface area (Å²) in [6, 6.07) is 7.42. The maximum atomic E-state index is 12.7. The number of carboxylic acid groups (broad SMARTS) is 1. The van der Waals surface area contributed by atoms with Crippen LogP contribution in [-0.2, 0) is 21.8 Å². The van der Waals surface area contributed by atoms with Gasteiger partial charge in [0.1, 0.15) is 5.75 Å². The molecule has 5 rings (SSSR count). The zero-order chi connectivity index (χ0) is 29.0. The number of hydrogen-bond acceptors (Lipinski definition) is 7. The molecule has 2 heterocycles. The van der Waals surface area contributed by atoms with Crippen molar-refractivity contribution in [2.75, 3.05) is 32.9 Å². The number of phenolic OH excluding ortho intramolecular Hbond substituents is 1. The molecule has 2 aromatic carbocycles. The summed E-state index contributed by atoms with van der Waals surface area (Å²) < 4.78 is 12.3. The fourth-order valence-electron chi connectivity index (χ4n) is 4.69. The Morgan fingerprint density at radius 3 is 2.38 bits per heavy atom. The van der Waals surface area contributed by atoms with Crippen LogP contribution in [-0.4, -0.2) is 64.0 Å². The van der Waals surface area contributed by atoms with Gasteiger partial charge < -0.3 is 24.3 Å². The lowest BCUT2D eigenvalue weighted by atomic mass is 10.0. The van der Waals surface area contributed by atoms with Gasteiger partial charge in [-0.05, 0) is 53.9 Å². The van der Waals surface area contributed by atoms with E-state index in [9.17, 15) is 19.8 Å². The van der Waals surface area contributed by atoms with Gasteiger partial charge in [0.15, 0.2) is 0 Å². The number of aromatic nitrogens is 1. The number of carbonyl (C=O) groups is 2. The van der Waals surface area contributed by atoms with Crippen LogP contribution in [0.5, 0.6) is 5.75 Å². The van der Waals surface area contributed by atoms with Crippen molar-refractivity contribution in [3.8, 4) is 5.75 Å². The fourth-order valence-corrected chi connectivity index (χ4v) is 6.96. The van der Waals surface area contributed by atoms with Gasteiger partial charge in [0.2, 0.25) is 0 Å². The third-order valence-electron chi connectivity index (χ3n) is 6.56. The summed E-state index contributed by atoms with van der Waals surface area (Å²) in [6.45, 7) is 5.19. The van der Waals surface area contributed by atoms with Crippen molar-refractivity contribution >= 4 is 84.8 Å². The SMILES string of the molecule is CCOC(=O)Cl.O=C(O)c1c(CSc2c(Cl)cccc2Cl)n(C2CC2)c2cc(Br)c(O)c(CN3CCOCC3)c12. The number of thioether (sulfide) groups is 1. The second-order valence-electron chi connectivity index (χ2n) is 9.21. The third-order valence-corrected chi connectivity index (χ3v) is 9.28. The van der Waals surface area contributed by atoms with E-state index < -0.39 is 11.4 Å². The Morgan fingerprint density at radius 1 is 1.20 bits per heavy atom. The minimum absolute atomic E-state index is 0.0859. The molecule has 0 bridgehead atoms. The molecule has 1 aromatic heterocycles. The maximum absolute atomic E-state index is 12.7. The predicted octanol–water partition coefficient (Wildman–Crippen LogP) is 7.96. The number of halogens is 4. The largest absolute Gasteiger partial charge is 0.506 e. The van der Waals surface area contributed by atoms with Crippen LogP contribution in [0.1, 0.15) is 47.4 Å². The van der Waals surface area contributed by atoms with E-state index >= 15 is 0 Å². The van der Waals surface area contributed by atoms with Crippen molar-refractivity contribution in [3.63, 3.8) is 0 Å². The van der Waals surface area contributed by atoms with Crippen LogP contribution < -0.4 is 0 Å². The summed E-state index contributed by atoms with van der Waals surface area (Å²) in [5.41, 5.74) is 1.67. The number of carbonyl (C=O) groups excluding carboxylic acids is 1. The Morgan fingerprint density at radius 2 is 1.85 bits per heavy atom. The van der Waals surface area contributed by atoms with E-state index in [4.69, 9.17) is 39.5 Å². The molecule has 0 unspecified atom stereocenters. The van der Waals surface area contributed by atoms with Crippen LogP contribution in [0.3, 0.4) is 0 Å². The maximum Gasteiger partial charge on any atom is 0.403 e. The number of fused-ring (bicyclic) bond motifs is 1. The average molecular weight is 695 g/mol. The number of hydrogen-bond donors (Lipinski definition) is 2. The summed E-state index contributed by atoms with van der Waals surface area (Å²) in [5.74, 6) is -0.524. The van der Waals surface area contributed by atoms with Gasteiger partial charge in [-0.25, -0.2) is 9.59 Å². The van der Waals surface area contributed by atoms with E-state index in [1.165, 1.54) is 11.8 Å². The molecule has 0 radical (unpaired) electrons. The highest BCUT2D eigenvalue weighted by atomic mass is 79.9. The molecule has 0 atom stereocenters. The van der Waals surface area contributed by atoms with Crippen LogP contribution in [0, 0.1) is 0 Å². The first-order valence-electron chi connectivity index (χ1n) is 12.6. The Kier molecular flexibility index (Phi) is 11.0. The molecule has 3 aromatic rings. The normalized spacial score (nSPS) is 15.5. The van der Waals surface area contributed by atoms with Crippen molar-refractivity contribution in [2.24, 2.45) is 0 Å². The molecule has 40 heavy (non-hydrogen) atoms. The smallest absolute Gasteiger partial charge is 0.403 e. The molecule has 13 heteroatoms. The Hall–Kier alpha value is -1.66. The summed E-state index contributed by atoms with van der Waals surface area (Å²) in [6.07, 6.45) is 1.98. The van der Waals surface area contributed by atoms with Crippen molar-refractivity contribution in [2.45, 2.75) is 43.0 Å². The second kappa shape index (κ2) is 14.0. The number of morpholine rings is 1. The molecule has 2 N–H and O–H groups in total. The first kappa shape index (κ1) is 31.3. The van der Waals surface area contributed by atoms with Gasteiger partial charge in [0.05, 0.1) is 45.4 Å². The monoisotopic (exact) mass is 692 g/mol. The van der Waals surface area contributed by atoms with E-state index in [0.29, 0.717) is 63.3 Å². The second-order valence-corrected chi connectivity index (χ2v) is 12.2.